The Morgan fingerprint density at radius 3 is 0.662 bits per heavy atom. The zero-order valence-electron chi connectivity index (χ0n) is 41.0. The third kappa shape index (κ3) is 10.5. The first-order valence-electron chi connectivity index (χ1n) is 22.8. The minimum Gasteiger partial charge on any atom is -0.457 e. The van der Waals surface area contributed by atoms with E-state index in [4.69, 9.17) is 28.4 Å². The van der Waals surface area contributed by atoms with Gasteiger partial charge in [0.2, 0.25) is 0 Å². The minimum absolute atomic E-state index is 0.643. The molecule has 8 aromatic rings. The van der Waals surface area contributed by atoms with Crippen LogP contribution in [0.4, 0.5) is 0 Å². The molecule has 0 radical (unpaired) electrons. The molecule has 0 amide bonds. The minimum atomic E-state index is -1.42. The lowest BCUT2D eigenvalue weighted by atomic mass is 10.1. The number of hydrogen-bond acceptors (Lipinski definition) is 7. The van der Waals surface area contributed by atoms with E-state index < -0.39 is 10.8 Å². The van der Waals surface area contributed by atoms with Crippen LogP contribution in [-0.2, 0) is 10.8 Å². The van der Waals surface area contributed by atoms with Crippen LogP contribution >= 0.6 is 0 Å². The molecule has 0 atom stereocenters. The first kappa shape index (κ1) is 47.2. The lowest BCUT2D eigenvalue weighted by Gasteiger charge is -2.18. The van der Waals surface area contributed by atoms with Gasteiger partial charge < -0.3 is 28.4 Å². The van der Waals surface area contributed by atoms with Gasteiger partial charge in [0, 0.05) is 9.79 Å². The van der Waals surface area contributed by atoms with E-state index in [1.54, 1.807) is 0 Å². The fraction of sp³-hybridized carbons (Fsp3) is 0.200. The molecule has 8 rings (SSSR count). The lowest BCUT2D eigenvalue weighted by molar-refractivity contribution is 0.453. The summed E-state index contributed by atoms with van der Waals surface area (Å²) in [5.74, 6) is 9.12. The van der Waals surface area contributed by atoms with Crippen molar-refractivity contribution in [1.82, 2.24) is 0 Å². The number of ether oxygens (including phenoxy) is 6. The Bertz CT molecular complexity index is 2860. The van der Waals surface area contributed by atoms with E-state index in [9.17, 15) is 4.21 Å². The summed E-state index contributed by atoms with van der Waals surface area (Å²) in [6, 6.07) is 43.0. The second kappa shape index (κ2) is 19.9. The van der Waals surface area contributed by atoms with Crippen LogP contribution in [-0.4, -0.2) is 4.21 Å². The molecule has 0 saturated carbocycles. The molecule has 0 fully saturated rings. The van der Waals surface area contributed by atoms with Gasteiger partial charge in [-0.05, 0) is 247 Å². The molecule has 0 bridgehead atoms. The van der Waals surface area contributed by atoms with E-state index in [2.05, 4.69) is 52.0 Å². The summed E-state index contributed by atoms with van der Waals surface area (Å²) in [5.41, 5.74) is 12.0. The number of benzene rings is 8. The van der Waals surface area contributed by atoms with Gasteiger partial charge in [0.05, 0.1) is 10.8 Å². The lowest BCUT2D eigenvalue weighted by Crippen LogP contribution is -1.98. The van der Waals surface area contributed by atoms with Crippen LogP contribution < -0.4 is 28.4 Å². The molecule has 0 aliphatic rings. The average molecular weight is 923 g/mol. The monoisotopic (exact) mass is 922 g/mol. The van der Waals surface area contributed by atoms with E-state index in [0.717, 1.165) is 124 Å². The molecule has 0 saturated heterocycles. The third-order valence-corrected chi connectivity index (χ3v) is 13.3. The summed E-state index contributed by atoms with van der Waals surface area (Å²) in [6.07, 6.45) is 0. The zero-order chi connectivity index (χ0) is 48.4. The number of hydrogen-bond donors (Lipinski definition) is 0. The van der Waals surface area contributed by atoms with Crippen molar-refractivity contribution >= 4 is 10.8 Å². The van der Waals surface area contributed by atoms with Gasteiger partial charge in [-0.15, -0.1) is 0 Å². The summed E-state index contributed by atoms with van der Waals surface area (Å²) in [5, 5.41) is 0. The SMILES string of the molecule is Cc1cccc(C)c1Oc1cc(C)c(Oc2cc(C)c(Oc3ccc(S(=O)c4ccc(Oc5c(C)cc(Oc6c(C)cc(Oc7c(C)cccc7C)cc6C)cc5C)cc4)cc3)c(C)c2)c(C)c1. The molecule has 0 N–H and O–H groups in total. The summed E-state index contributed by atoms with van der Waals surface area (Å²) >= 11 is 0. The van der Waals surface area contributed by atoms with E-state index >= 15 is 0 Å². The molecule has 0 spiro atoms. The first-order chi connectivity index (χ1) is 32.5. The van der Waals surface area contributed by atoms with Crippen LogP contribution in [0, 0.1) is 83.1 Å². The maximum Gasteiger partial charge on any atom is 0.133 e. The molecular formula is C60H58O7S. The van der Waals surface area contributed by atoms with Crippen LogP contribution in [0.3, 0.4) is 0 Å². The molecule has 0 aliphatic carbocycles. The quantitative estimate of drug-likeness (QED) is 0.108. The van der Waals surface area contributed by atoms with Gasteiger partial charge >= 0.3 is 0 Å². The molecule has 8 heteroatoms. The molecule has 68 heavy (non-hydrogen) atoms. The molecule has 7 nitrogen and oxygen atoms in total. The molecule has 8 aromatic carbocycles. The Hall–Kier alpha value is -7.29. The Balaban J connectivity index is 0.882. The Morgan fingerprint density at radius 1 is 0.250 bits per heavy atom. The van der Waals surface area contributed by atoms with Crippen molar-refractivity contribution in [2.45, 2.75) is 92.9 Å². The van der Waals surface area contributed by atoms with Crippen LogP contribution in [0.5, 0.6) is 69.0 Å². The first-order valence-corrected chi connectivity index (χ1v) is 23.9. The molecular weight excluding hydrogens is 865 g/mol. The normalized spacial score (nSPS) is 11.1. The van der Waals surface area contributed by atoms with Crippen molar-refractivity contribution in [1.29, 1.82) is 0 Å². The van der Waals surface area contributed by atoms with Gasteiger partial charge in [-0.1, -0.05) is 36.4 Å². The van der Waals surface area contributed by atoms with Crippen molar-refractivity contribution < 1.29 is 32.6 Å². The Labute approximate surface area is 403 Å². The van der Waals surface area contributed by atoms with Gasteiger partial charge in [-0.3, -0.25) is 0 Å². The smallest absolute Gasteiger partial charge is 0.133 e. The average Bonchev–Trinajstić information content (AvgIpc) is 3.29. The van der Waals surface area contributed by atoms with E-state index in [1.807, 2.05) is 165 Å². The summed E-state index contributed by atoms with van der Waals surface area (Å²) in [7, 11) is -1.42. The van der Waals surface area contributed by atoms with Crippen molar-refractivity contribution in [2.75, 3.05) is 0 Å². The van der Waals surface area contributed by atoms with Crippen molar-refractivity contribution in [3.05, 3.63) is 200 Å². The Kier molecular flexibility index (Phi) is 13.8. The van der Waals surface area contributed by atoms with Crippen LogP contribution in [0.15, 0.2) is 143 Å². The molecule has 0 heterocycles. The molecule has 0 aromatic heterocycles. The molecule has 0 aliphatic heterocycles. The predicted octanol–water partition coefficient (Wildman–Crippen LogP) is 17.3. The maximum absolute atomic E-state index is 13.7. The standard InChI is InChI=1S/C60H58O7S/c1-35-15-13-16-36(2)55(35)64-49-31-43(9)59(44(10)32-49)66-51-27-39(5)57(40(6)28-51)62-47-19-23-53(24-20-47)68(61)54-25-21-48(22-26-54)63-58-41(7)29-52(30-42(58)8)67-60-45(11)33-50(34-46(60)12)65-56-37(3)17-14-18-38(56)4/h13-34H,1-12H3. The van der Waals surface area contributed by atoms with Crippen molar-refractivity contribution in [3.63, 3.8) is 0 Å². The van der Waals surface area contributed by atoms with Crippen LogP contribution in [0.1, 0.15) is 66.8 Å². The van der Waals surface area contributed by atoms with Crippen molar-refractivity contribution in [3.8, 4) is 69.0 Å². The van der Waals surface area contributed by atoms with Gasteiger partial charge in [0.1, 0.15) is 69.0 Å². The number of aryl methyl sites for hydroxylation is 12. The highest BCUT2D eigenvalue weighted by Gasteiger charge is 2.18. The summed E-state index contributed by atoms with van der Waals surface area (Å²) < 4.78 is 52.1. The van der Waals surface area contributed by atoms with E-state index in [0.29, 0.717) is 21.3 Å². The largest absolute Gasteiger partial charge is 0.457 e. The van der Waals surface area contributed by atoms with Gasteiger partial charge in [0.15, 0.2) is 0 Å². The summed E-state index contributed by atoms with van der Waals surface area (Å²) in [4.78, 5) is 1.33. The highest BCUT2D eigenvalue weighted by molar-refractivity contribution is 7.85. The van der Waals surface area contributed by atoms with Crippen molar-refractivity contribution in [2.24, 2.45) is 0 Å². The molecule has 346 valence electrons. The number of rotatable bonds is 14. The number of para-hydroxylation sites is 2. The highest BCUT2D eigenvalue weighted by atomic mass is 32.2. The highest BCUT2D eigenvalue weighted by Crippen LogP contribution is 2.41. The van der Waals surface area contributed by atoms with E-state index in [-0.39, 0.29) is 0 Å². The fourth-order valence-corrected chi connectivity index (χ4v) is 9.59. The molecule has 0 unspecified atom stereocenters. The van der Waals surface area contributed by atoms with Gasteiger partial charge in [-0.2, -0.15) is 0 Å². The van der Waals surface area contributed by atoms with Crippen LogP contribution in [0.2, 0.25) is 0 Å². The topological polar surface area (TPSA) is 72.5 Å². The third-order valence-electron chi connectivity index (χ3n) is 11.9. The van der Waals surface area contributed by atoms with E-state index in [1.165, 1.54) is 0 Å². The predicted molar refractivity (Wildman–Crippen MR) is 273 cm³/mol. The summed E-state index contributed by atoms with van der Waals surface area (Å²) in [6.45, 7) is 24.4. The van der Waals surface area contributed by atoms with Crippen LogP contribution in [0.25, 0.3) is 0 Å². The fourth-order valence-electron chi connectivity index (χ4n) is 8.55. The second-order valence-electron chi connectivity index (χ2n) is 17.8. The van der Waals surface area contributed by atoms with Gasteiger partial charge in [-0.25, -0.2) is 4.21 Å². The van der Waals surface area contributed by atoms with Gasteiger partial charge in [0.25, 0.3) is 0 Å². The Morgan fingerprint density at radius 2 is 0.441 bits per heavy atom. The second-order valence-corrected chi connectivity index (χ2v) is 19.3. The zero-order valence-corrected chi connectivity index (χ0v) is 41.8. The maximum atomic E-state index is 13.7.